The van der Waals surface area contributed by atoms with Crippen LogP contribution in [0.4, 0.5) is 5.13 Å². The van der Waals surface area contributed by atoms with E-state index in [0.717, 1.165) is 17.1 Å². The molecular formula is C14H17ClN4OS. The van der Waals surface area contributed by atoms with Gasteiger partial charge >= 0.3 is 0 Å². The number of rotatable bonds is 3. The number of pyridine rings is 1. The number of nitrogens with one attached hydrogen (secondary N) is 1. The van der Waals surface area contributed by atoms with Crippen molar-refractivity contribution < 1.29 is 4.79 Å². The van der Waals surface area contributed by atoms with Gasteiger partial charge in [0.1, 0.15) is 10.2 Å². The van der Waals surface area contributed by atoms with Gasteiger partial charge in [0.15, 0.2) is 0 Å². The van der Waals surface area contributed by atoms with Gasteiger partial charge in [-0.15, -0.1) is 10.2 Å². The lowest BCUT2D eigenvalue weighted by Crippen LogP contribution is -2.17. The number of amides is 1. The van der Waals surface area contributed by atoms with Crippen molar-refractivity contribution >= 4 is 34.0 Å². The Labute approximate surface area is 132 Å². The van der Waals surface area contributed by atoms with Crippen molar-refractivity contribution in [2.75, 3.05) is 5.32 Å². The number of aryl methyl sites for hydroxylation is 1. The lowest BCUT2D eigenvalue weighted by Gasteiger charge is -2.18. The summed E-state index contributed by atoms with van der Waals surface area (Å²) in [6.07, 6.45) is 0.794. The van der Waals surface area contributed by atoms with Crippen LogP contribution in [0.3, 0.4) is 0 Å². The van der Waals surface area contributed by atoms with Crippen LogP contribution in [-0.4, -0.2) is 21.1 Å². The number of hydrogen-bond donors (Lipinski definition) is 1. The Morgan fingerprint density at radius 3 is 2.62 bits per heavy atom. The molecule has 0 spiro atoms. The highest BCUT2D eigenvalue weighted by atomic mass is 35.5. The van der Waals surface area contributed by atoms with Gasteiger partial charge in [0.05, 0.1) is 0 Å². The molecule has 0 saturated heterocycles. The van der Waals surface area contributed by atoms with Crippen molar-refractivity contribution in [3.05, 3.63) is 33.6 Å². The number of hydrogen-bond acceptors (Lipinski definition) is 5. The van der Waals surface area contributed by atoms with E-state index in [2.05, 4.69) is 20.5 Å². The summed E-state index contributed by atoms with van der Waals surface area (Å²) in [5.41, 5.74) is 1.05. The maximum Gasteiger partial charge on any atom is 0.257 e. The Kier molecular flexibility index (Phi) is 4.58. The molecule has 0 radical (unpaired) electrons. The fourth-order valence-corrected chi connectivity index (χ4v) is 2.51. The summed E-state index contributed by atoms with van der Waals surface area (Å²) in [5, 5.41) is 12.3. The first-order chi connectivity index (χ1) is 9.79. The molecule has 21 heavy (non-hydrogen) atoms. The molecule has 2 aromatic heterocycles. The maximum absolute atomic E-state index is 12.3. The molecule has 7 heteroatoms. The topological polar surface area (TPSA) is 67.8 Å². The van der Waals surface area contributed by atoms with Crippen LogP contribution in [0.2, 0.25) is 5.15 Å². The lowest BCUT2D eigenvalue weighted by atomic mass is 9.91. The van der Waals surface area contributed by atoms with Crippen LogP contribution in [0.1, 0.15) is 48.8 Å². The van der Waals surface area contributed by atoms with E-state index in [-0.39, 0.29) is 11.3 Å². The minimum atomic E-state index is -0.261. The number of carbonyl (C=O) groups excluding carboxylic acids is 1. The molecular weight excluding hydrogens is 308 g/mol. The van der Waals surface area contributed by atoms with E-state index < -0.39 is 0 Å². The first-order valence-corrected chi connectivity index (χ1v) is 7.81. The molecule has 0 saturated carbocycles. The molecule has 1 amide bonds. The number of carbonyl (C=O) groups is 1. The van der Waals surface area contributed by atoms with E-state index in [9.17, 15) is 4.79 Å². The van der Waals surface area contributed by atoms with Gasteiger partial charge in [0.25, 0.3) is 5.91 Å². The molecule has 5 nitrogen and oxygen atoms in total. The minimum absolute atomic E-state index is 0.182. The number of halogens is 1. The first kappa shape index (κ1) is 15.9. The van der Waals surface area contributed by atoms with Gasteiger partial charge in [0, 0.05) is 16.7 Å². The highest BCUT2D eigenvalue weighted by Gasteiger charge is 2.19. The molecule has 0 aliphatic heterocycles. The average Bonchev–Trinajstić information content (AvgIpc) is 2.84. The predicted octanol–water partition coefficient (Wildman–Crippen LogP) is 3.70. The van der Waals surface area contributed by atoms with Gasteiger partial charge in [-0.2, -0.15) is 0 Å². The molecule has 2 aromatic rings. The molecule has 0 bridgehead atoms. The summed E-state index contributed by atoms with van der Waals surface area (Å²) in [4.78, 5) is 16.6. The standard InChI is InChI=1S/C14H17ClN4OS/c1-5-11-18-19-13(21-11)17-12(20)8-6-9(14(2,3)4)16-10(15)7-8/h6-7H,5H2,1-4H3,(H,17,19,20). The molecule has 0 fully saturated rings. The van der Waals surface area contributed by atoms with E-state index in [1.807, 2.05) is 27.7 Å². The van der Waals surface area contributed by atoms with Crippen LogP contribution < -0.4 is 5.32 Å². The van der Waals surface area contributed by atoms with Crippen molar-refractivity contribution in [1.82, 2.24) is 15.2 Å². The van der Waals surface area contributed by atoms with Gasteiger partial charge < -0.3 is 0 Å². The van der Waals surface area contributed by atoms with Crippen LogP contribution in [-0.2, 0) is 11.8 Å². The monoisotopic (exact) mass is 324 g/mol. The fourth-order valence-electron chi connectivity index (χ4n) is 1.63. The molecule has 2 rings (SSSR count). The second kappa shape index (κ2) is 6.07. The Balaban J connectivity index is 2.24. The molecule has 0 atom stereocenters. The summed E-state index contributed by atoms with van der Waals surface area (Å²) in [6, 6.07) is 3.30. The minimum Gasteiger partial charge on any atom is -0.296 e. The van der Waals surface area contributed by atoms with Crippen LogP contribution in [0.15, 0.2) is 12.1 Å². The lowest BCUT2D eigenvalue weighted by molar-refractivity contribution is 0.102. The van der Waals surface area contributed by atoms with E-state index >= 15 is 0 Å². The van der Waals surface area contributed by atoms with Gasteiger partial charge in [0.2, 0.25) is 5.13 Å². The molecule has 112 valence electrons. The molecule has 2 heterocycles. The number of nitrogens with zero attached hydrogens (tertiary/aromatic N) is 3. The van der Waals surface area contributed by atoms with Crippen LogP contribution in [0.25, 0.3) is 0 Å². The smallest absolute Gasteiger partial charge is 0.257 e. The second-order valence-corrected chi connectivity index (χ2v) is 7.07. The zero-order valence-electron chi connectivity index (χ0n) is 12.4. The first-order valence-electron chi connectivity index (χ1n) is 6.61. The zero-order valence-corrected chi connectivity index (χ0v) is 14.0. The third-order valence-corrected chi connectivity index (χ3v) is 3.99. The van der Waals surface area contributed by atoms with Crippen LogP contribution in [0, 0.1) is 0 Å². The molecule has 1 N–H and O–H groups in total. The predicted molar refractivity (Wildman–Crippen MR) is 85.2 cm³/mol. The fraction of sp³-hybridized carbons (Fsp3) is 0.429. The van der Waals surface area contributed by atoms with Gasteiger partial charge in [-0.1, -0.05) is 50.6 Å². The molecule has 0 aliphatic carbocycles. The van der Waals surface area contributed by atoms with E-state index in [4.69, 9.17) is 11.6 Å². The van der Waals surface area contributed by atoms with Crippen molar-refractivity contribution in [2.24, 2.45) is 0 Å². The Morgan fingerprint density at radius 1 is 1.33 bits per heavy atom. The molecule has 0 aliphatic rings. The van der Waals surface area contributed by atoms with E-state index in [1.165, 1.54) is 11.3 Å². The third kappa shape index (κ3) is 3.98. The third-order valence-electron chi connectivity index (χ3n) is 2.81. The zero-order chi connectivity index (χ0) is 15.6. The summed E-state index contributed by atoms with van der Waals surface area (Å²) >= 11 is 7.38. The molecule has 0 unspecified atom stereocenters. The quantitative estimate of drug-likeness (QED) is 0.874. The average molecular weight is 325 g/mol. The normalized spacial score (nSPS) is 11.5. The van der Waals surface area contributed by atoms with Crippen molar-refractivity contribution in [1.29, 1.82) is 0 Å². The van der Waals surface area contributed by atoms with Crippen molar-refractivity contribution in [2.45, 2.75) is 39.5 Å². The number of aromatic nitrogens is 3. The summed E-state index contributed by atoms with van der Waals surface area (Å²) in [7, 11) is 0. The second-order valence-electron chi connectivity index (χ2n) is 5.62. The van der Waals surface area contributed by atoms with Crippen LogP contribution in [0.5, 0.6) is 0 Å². The Bertz CT molecular complexity index is 663. The molecule has 0 aromatic carbocycles. The summed E-state index contributed by atoms with van der Waals surface area (Å²) in [5.74, 6) is -0.261. The summed E-state index contributed by atoms with van der Waals surface area (Å²) in [6.45, 7) is 8.05. The van der Waals surface area contributed by atoms with E-state index in [0.29, 0.717) is 15.8 Å². The SMILES string of the molecule is CCc1nnc(NC(=O)c2cc(Cl)nc(C(C)(C)C)c2)s1. The Hall–Kier alpha value is -1.53. The largest absolute Gasteiger partial charge is 0.296 e. The van der Waals surface area contributed by atoms with Gasteiger partial charge in [-0.05, 0) is 18.6 Å². The Morgan fingerprint density at radius 2 is 2.05 bits per heavy atom. The van der Waals surface area contributed by atoms with Crippen LogP contribution >= 0.6 is 22.9 Å². The van der Waals surface area contributed by atoms with Crippen molar-refractivity contribution in [3.8, 4) is 0 Å². The maximum atomic E-state index is 12.3. The number of anilines is 1. The summed E-state index contributed by atoms with van der Waals surface area (Å²) < 4.78 is 0. The van der Waals surface area contributed by atoms with Crippen molar-refractivity contribution in [3.63, 3.8) is 0 Å². The highest BCUT2D eigenvalue weighted by Crippen LogP contribution is 2.24. The van der Waals surface area contributed by atoms with E-state index in [1.54, 1.807) is 12.1 Å². The van der Waals surface area contributed by atoms with Gasteiger partial charge in [-0.3, -0.25) is 10.1 Å². The highest BCUT2D eigenvalue weighted by molar-refractivity contribution is 7.15. The van der Waals surface area contributed by atoms with Gasteiger partial charge in [-0.25, -0.2) is 4.98 Å².